The Hall–Kier alpha value is -2.90. The number of halogens is 2. The van der Waals surface area contributed by atoms with Gasteiger partial charge in [0.25, 0.3) is 17.7 Å². The van der Waals surface area contributed by atoms with Crippen molar-refractivity contribution in [3.8, 4) is 0 Å². The predicted octanol–water partition coefficient (Wildman–Crippen LogP) is 2.52. The van der Waals surface area contributed by atoms with Crippen molar-refractivity contribution in [2.45, 2.75) is 13.0 Å². The number of nitrogens with zero attached hydrogens (tertiary/aromatic N) is 1. The third kappa shape index (κ3) is 4.26. The SMILES string of the molecule is CC(C(=O)NCCNC(=O)c1cc(Cl)ccc1Cl)N1C(=O)c2ccccc2C1=O. The fraction of sp³-hybridized carbons (Fsp3) is 0.200. The third-order valence-corrected chi connectivity index (χ3v) is 5.04. The van der Waals surface area contributed by atoms with Gasteiger partial charge >= 0.3 is 0 Å². The lowest BCUT2D eigenvalue weighted by molar-refractivity contribution is -0.124. The van der Waals surface area contributed by atoms with Gasteiger partial charge in [0.05, 0.1) is 21.7 Å². The van der Waals surface area contributed by atoms with E-state index in [0.717, 1.165) is 4.90 Å². The summed E-state index contributed by atoms with van der Waals surface area (Å²) < 4.78 is 0. The largest absolute Gasteiger partial charge is 0.353 e. The van der Waals surface area contributed by atoms with Crippen molar-refractivity contribution in [2.24, 2.45) is 0 Å². The maximum absolute atomic E-state index is 12.4. The molecule has 1 atom stereocenters. The molecule has 1 heterocycles. The van der Waals surface area contributed by atoms with Crippen molar-refractivity contribution < 1.29 is 19.2 Å². The Bertz CT molecular complexity index is 974. The summed E-state index contributed by atoms with van der Waals surface area (Å²) in [6.07, 6.45) is 0. The normalized spacial score (nSPS) is 13.8. The van der Waals surface area contributed by atoms with Crippen LogP contribution in [-0.4, -0.2) is 47.7 Å². The first kappa shape index (κ1) is 20.8. The van der Waals surface area contributed by atoms with Gasteiger partial charge in [0.15, 0.2) is 0 Å². The van der Waals surface area contributed by atoms with E-state index in [0.29, 0.717) is 5.02 Å². The number of benzene rings is 2. The van der Waals surface area contributed by atoms with Gasteiger partial charge in [-0.25, -0.2) is 0 Å². The summed E-state index contributed by atoms with van der Waals surface area (Å²) in [5.41, 5.74) is 0.788. The highest BCUT2D eigenvalue weighted by molar-refractivity contribution is 6.35. The molecule has 0 aliphatic carbocycles. The van der Waals surface area contributed by atoms with Gasteiger partial charge in [-0.05, 0) is 37.3 Å². The predicted molar refractivity (Wildman–Crippen MR) is 108 cm³/mol. The first-order chi connectivity index (χ1) is 13.8. The van der Waals surface area contributed by atoms with E-state index in [4.69, 9.17) is 23.2 Å². The molecule has 1 aliphatic heterocycles. The van der Waals surface area contributed by atoms with E-state index in [-0.39, 0.29) is 34.8 Å². The molecule has 0 radical (unpaired) electrons. The Labute approximate surface area is 177 Å². The first-order valence-corrected chi connectivity index (χ1v) is 9.54. The molecule has 2 aromatic rings. The fourth-order valence-electron chi connectivity index (χ4n) is 2.95. The van der Waals surface area contributed by atoms with Gasteiger partial charge in [-0.2, -0.15) is 0 Å². The standard InChI is InChI=1S/C20H17Cl2N3O4/c1-11(25-19(28)13-4-2-3-5-14(13)20(25)29)17(26)23-8-9-24-18(27)15-10-12(21)6-7-16(15)22/h2-7,10-11H,8-9H2,1H3,(H,23,26)(H,24,27). The van der Waals surface area contributed by atoms with Crippen molar-refractivity contribution in [2.75, 3.05) is 13.1 Å². The van der Waals surface area contributed by atoms with Crippen LogP contribution in [0.1, 0.15) is 38.0 Å². The van der Waals surface area contributed by atoms with Crippen LogP contribution in [0.3, 0.4) is 0 Å². The highest BCUT2D eigenvalue weighted by Crippen LogP contribution is 2.24. The van der Waals surface area contributed by atoms with Crippen LogP contribution in [0.25, 0.3) is 0 Å². The molecule has 0 spiro atoms. The smallest absolute Gasteiger partial charge is 0.262 e. The Morgan fingerprint density at radius 2 is 1.55 bits per heavy atom. The molecule has 29 heavy (non-hydrogen) atoms. The van der Waals surface area contributed by atoms with Gasteiger partial charge in [0.1, 0.15) is 6.04 Å². The van der Waals surface area contributed by atoms with Crippen LogP contribution < -0.4 is 10.6 Å². The molecule has 3 rings (SSSR count). The molecule has 1 aliphatic rings. The van der Waals surface area contributed by atoms with Crippen LogP contribution in [0.15, 0.2) is 42.5 Å². The van der Waals surface area contributed by atoms with E-state index >= 15 is 0 Å². The Balaban J connectivity index is 1.52. The van der Waals surface area contributed by atoms with E-state index in [1.807, 2.05) is 0 Å². The minimum Gasteiger partial charge on any atom is -0.353 e. The minimum absolute atomic E-state index is 0.107. The van der Waals surface area contributed by atoms with Crippen molar-refractivity contribution in [3.63, 3.8) is 0 Å². The molecule has 0 bridgehead atoms. The number of carbonyl (C=O) groups excluding carboxylic acids is 4. The van der Waals surface area contributed by atoms with Gasteiger partial charge in [-0.15, -0.1) is 0 Å². The summed E-state index contributed by atoms with van der Waals surface area (Å²) in [6.45, 7) is 1.71. The zero-order valence-electron chi connectivity index (χ0n) is 15.4. The molecule has 0 aromatic heterocycles. The maximum atomic E-state index is 12.4. The van der Waals surface area contributed by atoms with Gasteiger partial charge in [0.2, 0.25) is 5.91 Å². The lowest BCUT2D eigenvalue weighted by Gasteiger charge is -2.21. The number of amides is 4. The van der Waals surface area contributed by atoms with Gasteiger partial charge < -0.3 is 10.6 Å². The van der Waals surface area contributed by atoms with Crippen molar-refractivity contribution in [1.82, 2.24) is 15.5 Å². The molecule has 4 amide bonds. The summed E-state index contributed by atoms with van der Waals surface area (Å²) in [5, 5.41) is 5.86. The van der Waals surface area contributed by atoms with E-state index in [1.165, 1.54) is 19.1 Å². The van der Waals surface area contributed by atoms with Crippen molar-refractivity contribution >= 4 is 46.8 Å². The van der Waals surface area contributed by atoms with E-state index in [1.54, 1.807) is 30.3 Å². The van der Waals surface area contributed by atoms with Gasteiger partial charge in [0, 0.05) is 18.1 Å². The molecule has 0 saturated carbocycles. The van der Waals surface area contributed by atoms with Gasteiger partial charge in [-0.3, -0.25) is 24.1 Å². The number of nitrogens with one attached hydrogen (secondary N) is 2. The quantitative estimate of drug-likeness (QED) is 0.540. The zero-order chi connectivity index (χ0) is 21.1. The fourth-order valence-corrected chi connectivity index (χ4v) is 3.33. The molecule has 7 nitrogen and oxygen atoms in total. The molecule has 2 N–H and O–H groups in total. The summed E-state index contributed by atoms with van der Waals surface area (Å²) in [6, 6.07) is 9.97. The number of hydrogen-bond donors (Lipinski definition) is 2. The molecular formula is C20H17Cl2N3O4. The number of rotatable bonds is 6. The molecular weight excluding hydrogens is 417 g/mol. The van der Waals surface area contributed by atoms with Gasteiger partial charge in [-0.1, -0.05) is 35.3 Å². The van der Waals surface area contributed by atoms with Crippen LogP contribution in [0, 0.1) is 0 Å². The van der Waals surface area contributed by atoms with Crippen LogP contribution >= 0.6 is 23.2 Å². The number of fused-ring (bicyclic) bond motifs is 1. The topological polar surface area (TPSA) is 95.6 Å². The average Bonchev–Trinajstić information content (AvgIpc) is 2.97. The van der Waals surface area contributed by atoms with Crippen LogP contribution in [0.2, 0.25) is 10.0 Å². The number of imide groups is 1. The highest BCUT2D eigenvalue weighted by atomic mass is 35.5. The second-order valence-electron chi connectivity index (χ2n) is 6.37. The van der Waals surface area contributed by atoms with E-state index in [9.17, 15) is 19.2 Å². The number of carbonyl (C=O) groups is 4. The lowest BCUT2D eigenvalue weighted by Crippen LogP contribution is -2.49. The van der Waals surface area contributed by atoms with Crippen molar-refractivity contribution in [3.05, 3.63) is 69.2 Å². The minimum atomic E-state index is -0.986. The molecule has 0 fully saturated rings. The van der Waals surface area contributed by atoms with Crippen molar-refractivity contribution in [1.29, 1.82) is 0 Å². The van der Waals surface area contributed by atoms with Crippen LogP contribution in [0.4, 0.5) is 0 Å². The van der Waals surface area contributed by atoms with Crippen LogP contribution in [0.5, 0.6) is 0 Å². The molecule has 2 aromatic carbocycles. The van der Waals surface area contributed by atoms with E-state index < -0.39 is 29.7 Å². The number of hydrogen-bond acceptors (Lipinski definition) is 4. The Kier molecular flexibility index (Phi) is 6.20. The van der Waals surface area contributed by atoms with E-state index in [2.05, 4.69) is 10.6 Å². The average molecular weight is 434 g/mol. The molecule has 1 unspecified atom stereocenters. The monoisotopic (exact) mass is 433 g/mol. The molecule has 0 saturated heterocycles. The summed E-state index contributed by atoms with van der Waals surface area (Å²) in [4.78, 5) is 50.3. The second kappa shape index (κ2) is 8.63. The Morgan fingerprint density at radius 1 is 0.966 bits per heavy atom. The summed E-state index contributed by atoms with van der Waals surface area (Å²) in [5.74, 6) is -1.94. The summed E-state index contributed by atoms with van der Waals surface area (Å²) >= 11 is 11.8. The molecule has 150 valence electrons. The zero-order valence-corrected chi connectivity index (χ0v) is 16.9. The third-order valence-electron chi connectivity index (χ3n) is 4.48. The Morgan fingerprint density at radius 3 is 2.17 bits per heavy atom. The first-order valence-electron chi connectivity index (χ1n) is 8.79. The lowest BCUT2D eigenvalue weighted by atomic mass is 10.1. The molecule has 9 heteroatoms. The highest BCUT2D eigenvalue weighted by Gasteiger charge is 2.40. The van der Waals surface area contributed by atoms with Crippen LogP contribution in [-0.2, 0) is 4.79 Å². The summed E-state index contributed by atoms with van der Waals surface area (Å²) in [7, 11) is 0. The second-order valence-corrected chi connectivity index (χ2v) is 7.22. The maximum Gasteiger partial charge on any atom is 0.262 e.